The lowest BCUT2D eigenvalue weighted by atomic mass is 10.2. The normalized spacial score (nSPS) is 19.4. The summed E-state index contributed by atoms with van der Waals surface area (Å²) in [6.07, 6.45) is 3.58. The Kier molecular flexibility index (Phi) is 5.22. The second kappa shape index (κ2) is 7.21. The molecule has 1 aliphatic carbocycles. The second-order valence-electron chi connectivity index (χ2n) is 6.12. The molecule has 0 aromatic carbocycles. The lowest BCUT2D eigenvalue weighted by molar-refractivity contribution is -0.144. The number of hydrogen-bond acceptors (Lipinski definition) is 5. The number of thiophene rings is 1. The van der Waals surface area contributed by atoms with Crippen molar-refractivity contribution in [3.05, 3.63) is 21.3 Å². The Morgan fingerprint density at radius 3 is 2.50 bits per heavy atom. The summed E-state index contributed by atoms with van der Waals surface area (Å²) in [5.74, 6) is -1.39. The molecule has 24 heavy (non-hydrogen) atoms. The SMILES string of the molecule is CCN(Cc1ccc(Cl)s1)CN1C(=O)C(=O)N(C2CCCC2)C1=O. The maximum Gasteiger partial charge on any atom is 0.335 e. The van der Waals surface area contributed by atoms with Crippen molar-refractivity contribution >= 4 is 40.8 Å². The largest absolute Gasteiger partial charge is 0.335 e. The molecule has 0 atom stereocenters. The van der Waals surface area contributed by atoms with Crippen LogP contribution in [0.4, 0.5) is 4.79 Å². The lowest BCUT2D eigenvalue weighted by Crippen LogP contribution is -2.43. The van der Waals surface area contributed by atoms with Crippen molar-refractivity contribution < 1.29 is 14.4 Å². The van der Waals surface area contributed by atoms with Gasteiger partial charge in [0.15, 0.2) is 0 Å². The minimum absolute atomic E-state index is 0.120. The van der Waals surface area contributed by atoms with Gasteiger partial charge in [0, 0.05) is 17.5 Å². The third-order valence-electron chi connectivity index (χ3n) is 4.57. The van der Waals surface area contributed by atoms with Gasteiger partial charge in [-0.05, 0) is 31.5 Å². The van der Waals surface area contributed by atoms with Crippen LogP contribution >= 0.6 is 22.9 Å². The summed E-state index contributed by atoms with van der Waals surface area (Å²) >= 11 is 7.42. The molecule has 130 valence electrons. The molecule has 1 aromatic heterocycles. The average molecular weight is 370 g/mol. The number of carbonyl (C=O) groups is 3. The van der Waals surface area contributed by atoms with Crippen LogP contribution in [0.25, 0.3) is 0 Å². The van der Waals surface area contributed by atoms with E-state index >= 15 is 0 Å². The van der Waals surface area contributed by atoms with Crippen LogP contribution < -0.4 is 0 Å². The molecule has 0 N–H and O–H groups in total. The summed E-state index contributed by atoms with van der Waals surface area (Å²) in [5, 5.41) is 0. The van der Waals surface area contributed by atoms with Crippen LogP contribution in [-0.4, -0.2) is 51.8 Å². The van der Waals surface area contributed by atoms with Crippen molar-refractivity contribution in [3.63, 3.8) is 0 Å². The first kappa shape index (κ1) is 17.4. The van der Waals surface area contributed by atoms with E-state index < -0.39 is 17.8 Å². The van der Waals surface area contributed by atoms with Gasteiger partial charge in [-0.1, -0.05) is 31.4 Å². The number of imide groups is 2. The van der Waals surface area contributed by atoms with Crippen molar-refractivity contribution in [1.29, 1.82) is 0 Å². The van der Waals surface area contributed by atoms with Crippen molar-refractivity contribution in [2.45, 2.75) is 45.2 Å². The molecule has 1 saturated carbocycles. The number of rotatable bonds is 6. The van der Waals surface area contributed by atoms with Crippen molar-refractivity contribution in [1.82, 2.24) is 14.7 Å². The Morgan fingerprint density at radius 2 is 1.92 bits per heavy atom. The molecule has 0 bridgehead atoms. The van der Waals surface area contributed by atoms with Crippen LogP contribution in [-0.2, 0) is 16.1 Å². The van der Waals surface area contributed by atoms with Gasteiger partial charge in [-0.25, -0.2) is 9.69 Å². The van der Waals surface area contributed by atoms with E-state index in [9.17, 15) is 14.4 Å². The van der Waals surface area contributed by atoms with Crippen LogP contribution in [0.3, 0.4) is 0 Å². The Balaban J connectivity index is 1.69. The van der Waals surface area contributed by atoms with Gasteiger partial charge in [-0.2, -0.15) is 0 Å². The molecule has 4 amide bonds. The van der Waals surface area contributed by atoms with Gasteiger partial charge < -0.3 is 0 Å². The Morgan fingerprint density at radius 1 is 1.21 bits per heavy atom. The number of halogens is 1. The van der Waals surface area contributed by atoms with E-state index in [-0.39, 0.29) is 12.7 Å². The fourth-order valence-electron chi connectivity index (χ4n) is 3.25. The third kappa shape index (κ3) is 3.34. The van der Waals surface area contributed by atoms with E-state index in [0.717, 1.165) is 35.5 Å². The zero-order chi connectivity index (χ0) is 17.3. The first-order chi connectivity index (χ1) is 11.5. The van der Waals surface area contributed by atoms with Gasteiger partial charge in [0.05, 0.1) is 11.0 Å². The number of nitrogens with zero attached hydrogens (tertiary/aromatic N) is 3. The summed E-state index contributed by atoms with van der Waals surface area (Å²) in [4.78, 5) is 42.3. The van der Waals surface area contributed by atoms with Crippen LogP contribution in [0.2, 0.25) is 4.34 Å². The van der Waals surface area contributed by atoms with Crippen molar-refractivity contribution in [3.8, 4) is 0 Å². The molecule has 8 heteroatoms. The molecule has 2 aliphatic rings. The van der Waals surface area contributed by atoms with E-state index in [4.69, 9.17) is 11.6 Å². The summed E-state index contributed by atoms with van der Waals surface area (Å²) in [5.41, 5.74) is 0. The zero-order valence-corrected chi connectivity index (χ0v) is 15.1. The van der Waals surface area contributed by atoms with E-state index in [1.807, 2.05) is 24.0 Å². The van der Waals surface area contributed by atoms with Crippen molar-refractivity contribution in [2.24, 2.45) is 0 Å². The highest BCUT2D eigenvalue weighted by Crippen LogP contribution is 2.28. The average Bonchev–Trinajstić information content (AvgIpc) is 3.26. The van der Waals surface area contributed by atoms with Gasteiger partial charge in [0.25, 0.3) is 0 Å². The maximum atomic E-state index is 12.6. The molecule has 0 unspecified atom stereocenters. The minimum Gasteiger partial charge on any atom is -0.281 e. The minimum atomic E-state index is -0.713. The van der Waals surface area contributed by atoms with Gasteiger partial charge in [-0.3, -0.25) is 19.4 Å². The van der Waals surface area contributed by atoms with E-state index in [0.29, 0.717) is 17.4 Å². The highest BCUT2D eigenvalue weighted by atomic mass is 35.5. The van der Waals surface area contributed by atoms with Gasteiger partial charge >= 0.3 is 17.8 Å². The molecule has 2 fully saturated rings. The standard InChI is InChI=1S/C16H20ClN3O3S/c1-2-18(9-12-7-8-13(17)24-12)10-19-14(21)15(22)20(16(19)23)11-5-3-4-6-11/h7-8,11H,2-6,9-10H2,1H3. The molecule has 1 aliphatic heterocycles. The molecular formula is C16H20ClN3O3S. The first-order valence-electron chi connectivity index (χ1n) is 8.16. The molecule has 1 saturated heterocycles. The van der Waals surface area contributed by atoms with Crippen LogP contribution in [0.1, 0.15) is 37.5 Å². The first-order valence-corrected chi connectivity index (χ1v) is 9.36. The quantitative estimate of drug-likeness (QED) is 0.571. The summed E-state index contributed by atoms with van der Waals surface area (Å²) < 4.78 is 0.706. The molecule has 1 aromatic rings. The monoisotopic (exact) mass is 369 g/mol. The van der Waals surface area contributed by atoms with Crippen LogP contribution in [0, 0.1) is 0 Å². The number of hydrogen-bond donors (Lipinski definition) is 0. The molecule has 2 heterocycles. The maximum absolute atomic E-state index is 12.6. The number of carbonyl (C=O) groups excluding carboxylic acids is 3. The Labute approximate surface area is 150 Å². The second-order valence-corrected chi connectivity index (χ2v) is 7.92. The molecule has 0 spiro atoms. The van der Waals surface area contributed by atoms with Crippen molar-refractivity contribution in [2.75, 3.05) is 13.2 Å². The van der Waals surface area contributed by atoms with Gasteiger partial charge in [0.1, 0.15) is 0 Å². The summed E-state index contributed by atoms with van der Waals surface area (Å²) in [6.45, 7) is 3.32. The van der Waals surface area contributed by atoms with E-state index in [1.165, 1.54) is 16.2 Å². The predicted molar refractivity (Wildman–Crippen MR) is 91.6 cm³/mol. The molecule has 6 nitrogen and oxygen atoms in total. The topological polar surface area (TPSA) is 60.9 Å². The van der Waals surface area contributed by atoms with Gasteiger partial charge in [-0.15, -0.1) is 11.3 Å². The summed E-state index contributed by atoms with van der Waals surface area (Å²) in [7, 11) is 0. The zero-order valence-electron chi connectivity index (χ0n) is 13.5. The molecule has 0 radical (unpaired) electrons. The fourth-order valence-corrected chi connectivity index (χ4v) is 4.38. The molecular weight excluding hydrogens is 350 g/mol. The Bertz CT molecular complexity index is 657. The van der Waals surface area contributed by atoms with E-state index in [1.54, 1.807) is 0 Å². The lowest BCUT2D eigenvalue weighted by Gasteiger charge is -2.25. The highest BCUT2D eigenvalue weighted by Gasteiger charge is 2.48. The highest BCUT2D eigenvalue weighted by molar-refractivity contribution is 7.16. The smallest absolute Gasteiger partial charge is 0.281 e. The third-order valence-corrected chi connectivity index (χ3v) is 5.79. The predicted octanol–water partition coefficient (Wildman–Crippen LogP) is 2.91. The number of urea groups is 1. The Hall–Kier alpha value is -1.44. The van der Waals surface area contributed by atoms with Crippen LogP contribution in [0.5, 0.6) is 0 Å². The number of amides is 4. The van der Waals surface area contributed by atoms with Gasteiger partial charge in [0.2, 0.25) is 0 Å². The summed E-state index contributed by atoms with van der Waals surface area (Å²) in [6, 6.07) is 3.16. The molecule has 3 rings (SSSR count). The van der Waals surface area contributed by atoms with Crippen LogP contribution in [0.15, 0.2) is 12.1 Å². The van der Waals surface area contributed by atoms with E-state index in [2.05, 4.69) is 0 Å². The fraction of sp³-hybridized carbons (Fsp3) is 0.562.